The van der Waals surface area contributed by atoms with Gasteiger partial charge in [0, 0.05) is 11.5 Å². The Hall–Kier alpha value is -1.80. The van der Waals surface area contributed by atoms with Crippen LogP contribution < -0.4 is 5.43 Å². The van der Waals surface area contributed by atoms with Crippen molar-refractivity contribution in [3.63, 3.8) is 0 Å². The lowest BCUT2D eigenvalue weighted by atomic mass is 10.2. The summed E-state index contributed by atoms with van der Waals surface area (Å²) in [6.45, 7) is 3.65. The SMILES string of the molecule is CC(C)=NNC(=O)CSCc1ccc(C#N)cc1. The molecule has 0 bridgehead atoms. The van der Waals surface area contributed by atoms with Crippen LogP contribution in [0.2, 0.25) is 0 Å². The number of benzene rings is 1. The van der Waals surface area contributed by atoms with E-state index in [1.165, 1.54) is 11.8 Å². The molecule has 0 atom stereocenters. The first-order valence-corrected chi connectivity index (χ1v) is 6.64. The molecule has 1 N–H and O–H groups in total. The van der Waals surface area contributed by atoms with Gasteiger partial charge in [0.15, 0.2) is 0 Å². The van der Waals surface area contributed by atoms with Crippen molar-refractivity contribution in [3.8, 4) is 6.07 Å². The zero-order chi connectivity index (χ0) is 13.4. The fourth-order valence-electron chi connectivity index (χ4n) is 1.14. The maximum absolute atomic E-state index is 11.4. The highest BCUT2D eigenvalue weighted by Gasteiger charge is 2.01. The average molecular weight is 261 g/mol. The molecule has 0 spiro atoms. The number of hydrogen-bond donors (Lipinski definition) is 1. The van der Waals surface area contributed by atoms with Gasteiger partial charge in [-0.1, -0.05) is 12.1 Å². The maximum atomic E-state index is 11.4. The largest absolute Gasteiger partial charge is 0.272 e. The van der Waals surface area contributed by atoms with Crippen molar-refractivity contribution < 1.29 is 4.79 Å². The lowest BCUT2D eigenvalue weighted by molar-refractivity contribution is -0.118. The van der Waals surface area contributed by atoms with Crippen LogP contribution in [0.5, 0.6) is 0 Å². The van der Waals surface area contributed by atoms with Crippen molar-refractivity contribution in [1.29, 1.82) is 5.26 Å². The minimum absolute atomic E-state index is 0.102. The molecule has 0 aliphatic carbocycles. The van der Waals surface area contributed by atoms with Crippen LogP contribution in [-0.4, -0.2) is 17.4 Å². The van der Waals surface area contributed by atoms with Gasteiger partial charge in [0.05, 0.1) is 17.4 Å². The molecule has 4 nitrogen and oxygen atoms in total. The summed E-state index contributed by atoms with van der Waals surface area (Å²) in [5.74, 6) is 1.01. The number of nitriles is 1. The second-order valence-corrected chi connectivity index (χ2v) is 4.88. The number of rotatable bonds is 5. The smallest absolute Gasteiger partial charge is 0.250 e. The molecule has 1 rings (SSSR count). The molecule has 0 unspecified atom stereocenters. The topological polar surface area (TPSA) is 65.2 Å². The minimum atomic E-state index is -0.102. The van der Waals surface area contributed by atoms with Gasteiger partial charge in [0.25, 0.3) is 0 Å². The Morgan fingerprint density at radius 3 is 2.61 bits per heavy atom. The average Bonchev–Trinajstić information content (AvgIpc) is 2.37. The molecule has 1 amide bonds. The normalized spacial score (nSPS) is 9.39. The van der Waals surface area contributed by atoms with Gasteiger partial charge in [-0.25, -0.2) is 5.43 Å². The van der Waals surface area contributed by atoms with Crippen molar-refractivity contribution in [1.82, 2.24) is 5.43 Å². The van der Waals surface area contributed by atoms with Gasteiger partial charge in [-0.15, -0.1) is 11.8 Å². The zero-order valence-corrected chi connectivity index (χ0v) is 11.3. The molecule has 94 valence electrons. The summed E-state index contributed by atoms with van der Waals surface area (Å²) < 4.78 is 0. The summed E-state index contributed by atoms with van der Waals surface area (Å²) >= 11 is 1.52. The van der Waals surface area contributed by atoms with E-state index in [0.29, 0.717) is 11.3 Å². The number of amides is 1. The third-order valence-corrected chi connectivity index (χ3v) is 2.99. The standard InChI is InChI=1S/C13H15N3OS/c1-10(2)15-16-13(17)9-18-8-12-5-3-11(7-14)4-6-12/h3-6H,8-9H2,1-2H3,(H,16,17). The summed E-state index contributed by atoms with van der Waals surface area (Å²) in [6.07, 6.45) is 0. The van der Waals surface area contributed by atoms with Gasteiger partial charge in [-0.05, 0) is 31.5 Å². The predicted molar refractivity (Wildman–Crippen MR) is 74.2 cm³/mol. The Morgan fingerprint density at radius 1 is 1.39 bits per heavy atom. The number of thioether (sulfide) groups is 1. The number of nitrogens with zero attached hydrogens (tertiary/aromatic N) is 2. The summed E-state index contributed by atoms with van der Waals surface area (Å²) in [4.78, 5) is 11.4. The third kappa shape index (κ3) is 5.51. The van der Waals surface area contributed by atoms with Crippen LogP contribution in [-0.2, 0) is 10.5 Å². The van der Waals surface area contributed by atoms with E-state index in [0.717, 1.165) is 17.0 Å². The third-order valence-electron chi connectivity index (χ3n) is 1.99. The van der Waals surface area contributed by atoms with Gasteiger partial charge in [-0.3, -0.25) is 4.79 Å². The van der Waals surface area contributed by atoms with E-state index in [4.69, 9.17) is 5.26 Å². The molecule has 0 aliphatic rings. The van der Waals surface area contributed by atoms with Crippen LogP contribution in [0.4, 0.5) is 0 Å². The Balaban J connectivity index is 2.31. The molecule has 0 saturated carbocycles. The Labute approximate surface area is 111 Å². The fourth-order valence-corrected chi connectivity index (χ4v) is 1.92. The van der Waals surface area contributed by atoms with Crippen molar-refractivity contribution in [2.24, 2.45) is 5.10 Å². The van der Waals surface area contributed by atoms with Gasteiger partial charge in [0.2, 0.25) is 5.91 Å². The first-order valence-electron chi connectivity index (χ1n) is 5.48. The second-order valence-electron chi connectivity index (χ2n) is 3.90. The number of nitrogens with one attached hydrogen (secondary N) is 1. The second kappa shape index (κ2) is 7.51. The monoisotopic (exact) mass is 261 g/mol. The van der Waals surface area contributed by atoms with E-state index in [2.05, 4.69) is 16.6 Å². The minimum Gasteiger partial charge on any atom is -0.272 e. The summed E-state index contributed by atoms with van der Waals surface area (Å²) in [5.41, 5.74) is 5.04. The molecule has 5 heteroatoms. The number of hydrazone groups is 1. The first kappa shape index (κ1) is 14.3. The van der Waals surface area contributed by atoms with Gasteiger partial charge < -0.3 is 0 Å². The lowest BCUT2D eigenvalue weighted by Gasteiger charge is -2.02. The van der Waals surface area contributed by atoms with Gasteiger partial charge in [0.1, 0.15) is 0 Å². The lowest BCUT2D eigenvalue weighted by Crippen LogP contribution is -2.20. The molecular formula is C13H15N3OS. The molecule has 0 saturated heterocycles. The van der Waals surface area contributed by atoms with Crippen molar-refractivity contribution >= 4 is 23.4 Å². The maximum Gasteiger partial charge on any atom is 0.250 e. The fraction of sp³-hybridized carbons (Fsp3) is 0.308. The van der Waals surface area contributed by atoms with Gasteiger partial charge >= 0.3 is 0 Å². The quantitative estimate of drug-likeness (QED) is 0.653. The number of carbonyl (C=O) groups excluding carboxylic acids is 1. The number of hydrogen-bond acceptors (Lipinski definition) is 4. The number of carbonyl (C=O) groups is 1. The van der Waals surface area contributed by atoms with E-state index in [1.807, 2.05) is 26.0 Å². The summed E-state index contributed by atoms with van der Waals surface area (Å²) in [7, 11) is 0. The highest BCUT2D eigenvalue weighted by Crippen LogP contribution is 2.12. The van der Waals surface area contributed by atoms with Crippen molar-refractivity contribution in [2.45, 2.75) is 19.6 Å². The Bertz CT molecular complexity index is 470. The van der Waals surface area contributed by atoms with E-state index in [1.54, 1.807) is 12.1 Å². The molecule has 0 radical (unpaired) electrons. The first-order chi connectivity index (χ1) is 8.61. The van der Waals surface area contributed by atoms with Crippen molar-refractivity contribution in [3.05, 3.63) is 35.4 Å². The van der Waals surface area contributed by atoms with Crippen LogP contribution in [0.3, 0.4) is 0 Å². The van der Waals surface area contributed by atoms with Crippen LogP contribution in [0.1, 0.15) is 25.0 Å². The van der Waals surface area contributed by atoms with Crippen LogP contribution in [0.25, 0.3) is 0 Å². The molecule has 0 aliphatic heterocycles. The van der Waals surface area contributed by atoms with Crippen LogP contribution in [0, 0.1) is 11.3 Å². The van der Waals surface area contributed by atoms with E-state index >= 15 is 0 Å². The summed E-state index contributed by atoms with van der Waals surface area (Å²) in [6, 6.07) is 9.43. The zero-order valence-electron chi connectivity index (χ0n) is 10.4. The molecule has 0 aromatic heterocycles. The van der Waals surface area contributed by atoms with Crippen molar-refractivity contribution in [2.75, 3.05) is 5.75 Å². The Kier molecular flexibility index (Phi) is 5.95. The van der Waals surface area contributed by atoms with Crippen LogP contribution in [0.15, 0.2) is 29.4 Å². The highest BCUT2D eigenvalue weighted by atomic mass is 32.2. The van der Waals surface area contributed by atoms with E-state index < -0.39 is 0 Å². The van der Waals surface area contributed by atoms with E-state index in [9.17, 15) is 4.79 Å². The van der Waals surface area contributed by atoms with Gasteiger partial charge in [-0.2, -0.15) is 10.4 Å². The molecular weight excluding hydrogens is 246 g/mol. The molecule has 1 aromatic carbocycles. The molecule has 0 heterocycles. The summed E-state index contributed by atoms with van der Waals surface area (Å²) in [5, 5.41) is 12.5. The molecule has 1 aromatic rings. The highest BCUT2D eigenvalue weighted by molar-refractivity contribution is 7.99. The Morgan fingerprint density at radius 2 is 2.06 bits per heavy atom. The molecule has 0 fully saturated rings. The molecule has 18 heavy (non-hydrogen) atoms. The van der Waals surface area contributed by atoms with Crippen LogP contribution >= 0.6 is 11.8 Å². The van der Waals surface area contributed by atoms with E-state index in [-0.39, 0.29) is 5.91 Å². The predicted octanol–water partition coefficient (Wildman–Crippen LogP) is 2.30.